The number of hydrogen-bond acceptors (Lipinski definition) is 5. The van der Waals surface area contributed by atoms with E-state index in [0.29, 0.717) is 18.1 Å². The summed E-state index contributed by atoms with van der Waals surface area (Å²) in [7, 11) is 0. The maximum atomic E-state index is 12.1. The van der Waals surface area contributed by atoms with Crippen LogP contribution in [0.3, 0.4) is 0 Å². The molecule has 0 aliphatic carbocycles. The van der Waals surface area contributed by atoms with Gasteiger partial charge in [-0.15, -0.1) is 0 Å². The Bertz CT molecular complexity index is 916. The third-order valence-electron chi connectivity index (χ3n) is 5.00. The van der Waals surface area contributed by atoms with E-state index < -0.39 is 0 Å². The number of furan rings is 1. The van der Waals surface area contributed by atoms with Crippen LogP contribution in [0.25, 0.3) is 10.9 Å². The average Bonchev–Trinajstić information content (AvgIpc) is 3.10. The van der Waals surface area contributed by atoms with E-state index in [1.54, 1.807) is 12.3 Å². The molecule has 6 heteroatoms. The standard InChI is InChI=1S/C22H25N3O3/c26-21(23-15-18-8-6-14-27-18)16-28-19-9-5-7-17-10-11-20(24-22(17)19)25-12-3-1-2-4-13-25/h5-11,14H,1-4,12-13,15-16H2,(H,23,26). The molecule has 0 unspecified atom stereocenters. The first-order valence-corrected chi connectivity index (χ1v) is 9.86. The molecule has 4 rings (SSSR count). The second-order valence-corrected chi connectivity index (χ2v) is 7.04. The SMILES string of the molecule is O=C(COc1cccc2ccc(N3CCCCCC3)nc12)NCc1ccco1. The predicted octanol–water partition coefficient (Wildman–Crippen LogP) is 3.90. The van der Waals surface area contributed by atoms with E-state index in [1.165, 1.54) is 25.7 Å². The molecule has 28 heavy (non-hydrogen) atoms. The number of aromatic nitrogens is 1. The van der Waals surface area contributed by atoms with Gasteiger partial charge in [-0.3, -0.25) is 4.79 Å². The van der Waals surface area contributed by atoms with Gasteiger partial charge in [0, 0.05) is 18.5 Å². The van der Waals surface area contributed by atoms with Crippen molar-refractivity contribution in [1.82, 2.24) is 10.3 Å². The molecule has 3 aromatic rings. The molecular weight excluding hydrogens is 354 g/mol. The fourth-order valence-electron chi connectivity index (χ4n) is 3.50. The summed E-state index contributed by atoms with van der Waals surface area (Å²) in [5.74, 6) is 2.12. The molecule has 0 spiro atoms. The van der Waals surface area contributed by atoms with Crippen molar-refractivity contribution in [1.29, 1.82) is 0 Å². The van der Waals surface area contributed by atoms with Gasteiger partial charge in [0.1, 0.15) is 22.8 Å². The molecule has 146 valence electrons. The Morgan fingerprint density at radius 2 is 1.93 bits per heavy atom. The van der Waals surface area contributed by atoms with E-state index in [0.717, 1.165) is 29.8 Å². The quantitative estimate of drug-likeness (QED) is 0.703. The number of pyridine rings is 1. The minimum absolute atomic E-state index is 0.0601. The molecule has 1 aliphatic rings. The summed E-state index contributed by atoms with van der Waals surface area (Å²) in [4.78, 5) is 19.3. The number of carbonyl (C=O) groups excluding carboxylic acids is 1. The second-order valence-electron chi connectivity index (χ2n) is 7.04. The lowest BCUT2D eigenvalue weighted by molar-refractivity contribution is -0.123. The van der Waals surface area contributed by atoms with Crippen LogP contribution in [0.4, 0.5) is 5.82 Å². The fourth-order valence-corrected chi connectivity index (χ4v) is 3.50. The smallest absolute Gasteiger partial charge is 0.258 e. The van der Waals surface area contributed by atoms with Crippen molar-refractivity contribution in [3.8, 4) is 5.75 Å². The van der Waals surface area contributed by atoms with E-state index in [2.05, 4.69) is 22.3 Å². The summed E-state index contributed by atoms with van der Waals surface area (Å²) in [6.07, 6.45) is 6.56. The second kappa shape index (κ2) is 8.78. The lowest BCUT2D eigenvalue weighted by Crippen LogP contribution is -2.28. The van der Waals surface area contributed by atoms with Crippen LogP contribution in [0.15, 0.2) is 53.1 Å². The molecule has 2 aromatic heterocycles. The van der Waals surface area contributed by atoms with Crippen LogP contribution in [-0.4, -0.2) is 30.6 Å². The van der Waals surface area contributed by atoms with Crippen LogP contribution < -0.4 is 15.0 Å². The lowest BCUT2D eigenvalue weighted by atomic mass is 10.2. The summed E-state index contributed by atoms with van der Waals surface area (Å²) in [6.45, 7) is 2.37. The fraction of sp³-hybridized carbons (Fsp3) is 0.364. The van der Waals surface area contributed by atoms with Crippen LogP contribution in [0, 0.1) is 0 Å². The van der Waals surface area contributed by atoms with Crippen LogP contribution in [0.2, 0.25) is 0 Å². The first-order valence-electron chi connectivity index (χ1n) is 9.86. The van der Waals surface area contributed by atoms with Gasteiger partial charge in [-0.25, -0.2) is 4.98 Å². The summed E-state index contributed by atoms with van der Waals surface area (Å²) in [6, 6.07) is 13.6. The number of fused-ring (bicyclic) bond motifs is 1. The monoisotopic (exact) mass is 379 g/mol. The van der Waals surface area contributed by atoms with Gasteiger partial charge in [-0.2, -0.15) is 0 Å². The van der Waals surface area contributed by atoms with Crippen molar-refractivity contribution >= 4 is 22.6 Å². The lowest BCUT2D eigenvalue weighted by Gasteiger charge is -2.22. The molecule has 1 saturated heterocycles. The molecule has 1 N–H and O–H groups in total. The van der Waals surface area contributed by atoms with Gasteiger partial charge >= 0.3 is 0 Å². The van der Waals surface area contributed by atoms with Crippen molar-refractivity contribution in [2.24, 2.45) is 0 Å². The summed E-state index contributed by atoms with van der Waals surface area (Å²) in [5.41, 5.74) is 0.795. The molecule has 0 saturated carbocycles. The Hall–Kier alpha value is -3.02. The van der Waals surface area contributed by atoms with Gasteiger partial charge < -0.3 is 19.4 Å². The maximum absolute atomic E-state index is 12.1. The minimum atomic E-state index is -0.197. The highest BCUT2D eigenvalue weighted by Crippen LogP contribution is 2.27. The Balaban J connectivity index is 1.45. The first kappa shape index (κ1) is 18.3. The minimum Gasteiger partial charge on any atom is -0.481 e. The van der Waals surface area contributed by atoms with Gasteiger partial charge in [0.15, 0.2) is 6.61 Å². The Labute approximate surface area is 164 Å². The topological polar surface area (TPSA) is 67.6 Å². The van der Waals surface area contributed by atoms with Gasteiger partial charge in [0.2, 0.25) is 0 Å². The summed E-state index contributed by atoms with van der Waals surface area (Å²) >= 11 is 0. The predicted molar refractivity (Wildman–Crippen MR) is 108 cm³/mol. The number of carbonyl (C=O) groups is 1. The van der Waals surface area contributed by atoms with Gasteiger partial charge in [0.05, 0.1) is 12.8 Å². The number of amides is 1. The van der Waals surface area contributed by atoms with Crippen molar-refractivity contribution in [2.75, 3.05) is 24.6 Å². The van der Waals surface area contributed by atoms with Gasteiger partial charge in [-0.05, 0) is 43.2 Å². The third kappa shape index (κ3) is 4.44. The molecule has 0 atom stereocenters. The van der Waals surface area contributed by atoms with E-state index in [9.17, 15) is 4.79 Å². The number of benzene rings is 1. The van der Waals surface area contributed by atoms with E-state index in [4.69, 9.17) is 14.1 Å². The van der Waals surface area contributed by atoms with E-state index in [1.807, 2.05) is 24.3 Å². The van der Waals surface area contributed by atoms with Crippen molar-refractivity contribution in [3.05, 3.63) is 54.5 Å². The van der Waals surface area contributed by atoms with E-state index >= 15 is 0 Å². The van der Waals surface area contributed by atoms with Gasteiger partial charge in [0.25, 0.3) is 5.91 Å². The van der Waals surface area contributed by atoms with Crippen LogP contribution >= 0.6 is 0 Å². The van der Waals surface area contributed by atoms with Crippen LogP contribution in [-0.2, 0) is 11.3 Å². The molecular formula is C22H25N3O3. The highest BCUT2D eigenvalue weighted by Gasteiger charge is 2.13. The Morgan fingerprint density at radius 1 is 1.07 bits per heavy atom. The molecule has 1 aromatic carbocycles. The highest BCUT2D eigenvalue weighted by atomic mass is 16.5. The number of hydrogen-bond donors (Lipinski definition) is 1. The summed E-state index contributed by atoms with van der Waals surface area (Å²) < 4.78 is 11.0. The average molecular weight is 379 g/mol. The van der Waals surface area contributed by atoms with Crippen molar-refractivity contribution < 1.29 is 13.9 Å². The number of para-hydroxylation sites is 1. The van der Waals surface area contributed by atoms with E-state index in [-0.39, 0.29) is 12.5 Å². The molecule has 6 nitrogen and oxygen atoms in total. The molecule has 0 bridgehead atoms. The molecule has 3 heterocycles. The zero-order chi connectivity index (χ0) is 19.2. The number of nitrogens with one attached hydrogen (secondary N) is 1. The first-order chi connectivity index (χ1) is 13.8. The van der Waals surface area contributed by atoms with Crippen LogP contribution in [0.1, 0.15) is 31.4 Å². The highest BCUT2D eigenvalue weighted by molar-refractivity contribution is 5.86. The summed E-state index contributed by atoms with van der Waals surface area (Å²) in [5, 5.41) is 3.79. The molecule has 1 amide bonds. The number of anilines is 1. The molecule has 1 aliphatic heterocycles. The maximum Gasteiger partial charge on any atom is 0.258 e. The van der Waals surface area contributed by atoms with Crippen LogP contribution in [0.5, 0.6) is 5.75 Å². The zero-order valence-electron chi connectivity index (χ0n) is 15.9. The Kier molecular flexibility index (Phi) is 5.75. The normalized spacial score (nSPS) is 14.6. The third-order valence-corrected chi connectivity index (χ3v) is 5.00. The van der Waals surface area contributed by atoms with Gasteiger partial charge in [-0.1, -0.05) is 25.0 Å². The Morgan fingerprint density at radius 3 is 2.71 bits per heavy atom. The number of ether oxygens (including phenoxy) is 1. The van der Waals surface area contributed by atoms with Crippen molar-refractivity contribution in [2.45, 2.75) is 32.2 Å². The largest absolute Gasteiger partial charge is 0.481 e. The van der Waals surface area contributed by atoms with Crippen molar-refractivity contribution in [3.63, 3.8) is 0 Å². The molecule has 1 fully saturated rings. The number of rotatable bonds is 6. The molecule has 0 radical (unpaired) electrons. The number of nitrogens with zero attached hydrogens (tertiary/aromatic N) is 2. The zero-order valence-corrected chi connectivity index (χ0v) is 15.9.